The molecule has 1 aromatic rings. The Hall–Kier alpha value is -1.04. The third-order valence-corrected chi connectivity index (χ3v) is 2.76. The van der Waals surface area contributed by atoms with E-state index >= 15 is 0 Å². The van der Waals surface area contributed by atoms with Crippen LogP contribution >= 0.6 is 0 Å². The van der Waals surface area contributed by atoms with E-state index in [1.165, 1.54) is 6.20 Å². The maximum atomic E-state index is 12.7. The molecule has 3 nitrogen and oxygen atoms in total. The second-order valence-corrected chi connectivity index (χ2v) is 4.13. The molecule has 1 aromatic heterocycles. The Labute approximate surface area is 91.4 Å². The molecule has 90 valence electrons. The minimum absolute atomic E-state index is 0.00278. The first-order valence-corrected chi connectivity index (χ1v) is 5.34. The quantitative estimate of drug-likeness (QED) is 0.866. The molecule has 1 unspecified atom stereocenters. The number of nitrogens with zero attached hydrogens (tertiary/aromatic N) is 2. The molecule has 6 heteroatoms. The van der Waals surface area contributed by atoms with Crippen LogP contribution in [-0.2, 0) is 0 Å². The molecule has 1 heterocycles. The normalized spacial score (nSPS) is 18.8. The fraction of sp³-hybridized carbons (Fsp3) is 0.700. The van der Waals surface area contributed by atoms with Gasteiger partial charge in [-0.1, -0.05) is 0 Å². The molecule has 0 bridgehead atoms. The fourth-order valence-electron chi connectivity index (χ4n) is 1.73. The van der Waals surface area contributed by atoms with E-state index in [0.29, 0.717) is 5.92 Å². The Bertz CT molecular complexity index is 354. The van der Waals surface area contributed by atoms with E-state index < -0.39 is 12.2 Å². The van der Waals surface area contributed by atoms with E-state index in [9.17, 15) is 13.2 Å². The van der Waals surface area contributed by atoms with Crippen LogP contribution in [0.15, 0.2) is 12.3 Å². The molecule has 1 saturated carbocycles. The third kappa shape index (κ3) is 2.37. The summed E-state index contributed by atoms with van der Waals surface area (Å²) in [5, 5.41) is 4.00. The highest BCUT2D eigenvalue weighted by Gasteiger charge is 2.41. The monoisotopic (exact) mass is 233 g/mol. The van der Waals surface area contributed by atoms with E-state index in [1.54, 1.807) is 6.07 Å². The third-order valence-electron chi connectivity index (χ3n) is 2.76. The van der Waals surface area contributed by atoms with Gasteiger partial charge in [0, 0.05) is 12.1 Å². The lowest BCUT2D eigenvalue weighted by Gasteiger charge is -2.19. The summed E-state index contributed by atoms with van der Waals surface area (Å²) < 4.78 is 39.1. The van der Waals surface area contributed by atoms with Gasteiger partial charge in [0.2, 0.25) is 0 Å². The molecule has 2 rings (SSSR count). The molecule has 0 saturated heterocycles. The minimum Gasteiger partial charge on any atom is -0.330 e. The summed E-state index contributed by atoms with van der Waals surface area (Å²) in [6, 6.07) is 0.0809. The summed E-state index contributed by atoms with van der Waals surface area (Å²) in [7, 11) is 0. The van der Waals surface area contributed by atoms with E-state index in [0.717, 1.165) is 23.2 Å². The van der Waals surface area contributed by atoms with Crippen molar-refractivity contribution in [2.75, 3.05) is 6.54 Å². The summed E-state index contributed by atoms with van der Waals surface area (Å²) in [6.07, 6.45) is -0.946. The molecule has 1 fully saturated rings. The molecular weight excluding hydrogens is 219 g/mol. The predicted molar refractivity (Wildman–Crippen MR) is 53.0 cm³/mol. The van der Waals surface area contributed by atoms with E-state index in [-0.39, 0.29) is 13.0 Å². The standard InChI is InChI=1S/C10H14F3N3/c11-10(12,13)9(3-5-14)16-6-4-8(15-16)7-1-2-7/h4,6-7,9H,1-3,5,14H2. The van der Waals surface area contributed by atoms with Crippen LogP contribution in [0.3, 0.4) is 0 Å². The first-order chi connectivity index (χ1) is 7.52. The number of hydrogen-bond donors (Lipinski definition) is 1. The number of halogens is 3. The van der Waals surface area contributed by atoms with Crippen LogP contribution in [0.1, 0.15) is 36.9 Å². The van der Waals surface area contributed by atoms with Crippen LogP contribution in [0, 0.1) is 0 Å². The first-order valence-electron chi connectivity index (χ1n) is 5.34. The summed E-state index contributed by atoms with van der Waals surface area (Å²) in [6.45, 7) is 0.00278. The van der Waals surface area contributed by atoms with Gasteiger partial charge in [-0.3, -0.25) is 4.68 Å². The van der Waals surface area contributed by atoms with Crippen LogP contribution in [0.2, 0.25) is 0 Å². The Morgan fingerprint density at radius 2 is 2.19 bits per heavy atom. The molecule has 1 aliphatic rings. The fourth-order valence-corrected chi connectivity index (χ4v) is 1.73. The average molecular weight is 233 g/mol. The molecule has 0 aliphatic heterocycles. The van der Waals surface area contributed by atoms with Gasteiger partial charge in [-0.2, -0.15) is 18.3 Å². The second kappa shape index (κ2) is 4.08. The van der Waals surface area contributed by atoms with Gasteiger partial charge in [0.05, 0.1) is 5.69 Å². The maximum Gasteiger partial charge on any atom is 0.410 e. The van der Waals surface area contributed by atoms with Crippen molar-refractivity contribution in [3.05, 3.63) is 18.0 Å². The van der Waals surface area contributed by atoms with Gasteiger partial charge in [-0.15, -0.1) is 0 Å². The van der Waals surface area contributed by atoms with Gasteiger partial charge in [-0.25, -0.2) is 0 Å². The summed E-state index contributed by atoms with van der Waals surface area (Å²) >= 11 is 0. The van der Waals surface area contributed by atoms with Crippen molar-refractivity contribution in [3.8, 4) is 0 Å². The first kappa shape index (κ1) is 11.4. The Morgan fingerprint density at radius 3 is 2.69 bits per heavy atom. The Kier molecular flexibility index (Phi) is 2.92. The highest BCUT2D eigenvalue weighted by molar-refractivity contribution is 5.12. The van der Waals surface area contributed by atoms with Crippen LogP contribution < -0.4 is 5.73 Å². The van der Waals surface area contributed by atoms with Gasteiger partial charge >= 0.3 is 6.18 Å². The van der Waals surface area contributed by atoms with Crippen LogP contribution in [0.25, 0.3) is 0 Å². The average Bonchev–Trinajstić information content (AvgIpc) is 2.93. The smallest absolute Gasteiger partial charge is 0.330 e. The summed E-state index contributed by atoms with van der Waals surface area (Å²) in [5.74, 6) is 0.369. The predicted octanol–water partition coefficient (Wildman–Crippen LogP) is 2.21. The molecular formula is C10H14F3N3. The molecule has 0 radical (unpaired) electrons. The van der Waals surface area contributed by atoms with Crippen molar-refractivity contribution < 1.29 is 13.2 Å². The van der Waals surface area contributed by atoms with E-state index in [4.69, 9.17) is 5.73 Å². The van der Waals surface area contributed by atoms with Gasteiger partial charge in [0.1, 0.15) is 6.04 Å². The molecule has 0 aromatic carbocycles. The summed E-state index contributed by atoms with van der Waals surface area (Å²) in [4.78, 5) is 0. The Morgan fingerprint density at radius 1 is 1.50 bits per heavy atom. The zero-order valence-electron chi connectivity index (χ0n) is 8.74. The minimum atomic E-state index is -4.29. The van der Waals surface area contributed by atoms with Crippen molar-refractivity contribution >= 4 is 0 Å². The number of aromatic nitrogens is 2. The van der Waals surface area contributed by atoms with E-state index in [1.807, 2.05) is 0 Å². The number of alkyl halides is 3. The van der Waals surface area contributed by atoms with Crippen LogP contribution in [-0.4, -0.2) is 22.5 Å². The van der Waals surface area contributed by atoms with Crippen molar-refractivity contribution in [2.24, 2.45) is 5.73 Å². The lowest BCUT2D eigenvalue weighted by Crippen LogP contribution is -2.29. The zero-order chi connectivity index (χ0) is 11.8. The largest absolute Gasteiger partial charge is 0.410 e. The SMILES string of the molecule is NCCC(n1ccc(C2CC2)n1)C(F)(F)F. The summed E-state index contributed by atoms with van der Waals surface area (Å²) in [5.41, 5.74) is 5.97. The number of nitrogens with two attached hydrogens (primary N) is 1. The van der Waals surface area contributed by atoms with Crippen molar-refractivity contribution in [3.63, 3.8) is 0 Å². The molecule has 0 amide bonds. The topological polar surface area (TPSA) is 43.8 Å². The van der Waals surface area contributed by atoms with Gasteiger partial charge in [-0.05, 0) is 31.9 Å². The van der Waals surface area contributed by atoms with Crippen molar-refractivity contribution in [2.45, 2.75) is 37.4 Å². The highest BCUT2D eigenvalue weighted by Crippen LogP contribution is 2.40. The maximum absolute atomic E-state index is 12.7. The lowest BCUT2D eigenvalue weighted by atomic mass is 10.2. The Balaban J connectivity index is 2.17. The van der Waals surface area contributed by atoms with Crippen molar-refractivity contribution in [1.29, 1.82) is 0 Å². The zero-order valence-corrected chi connectivity index (χ0v) is 8.74. The van der Waals surface area contributed by atoms with Gasteiger partial charge < -0.3 is 5.73 Å². The van der Waals surface area contributed by atoms with Crippen molar-refractivity contribution in [1.82, 2.24) is 9.78 Å². The van der Waals surface area contributed by atoms with Gasteiger partial charge in [0.15, 0.2) is 0 Å². The van der Waals surface area contributed by atoms with Crippen LogP contribution in [0.5, 0.6) is 0 Å². The lowest BCUT2D eigenvalue weighted by molar-refractivity contribution is -0.171. The molecule has 1 atom stereocenters. The van der Waals surface area contributed by atoms with Crippen LogP contribution in [0.4, 0.5) is 13.2 Å². The van der Waals surface area contributed by atoms with E-state index in [2.05, 4.69) is 5.10 Å². The molecule has 1 aliphatic carbocycles. The van der Waals surface area contributed by atoms with Gasteiger partial charge in [0.25, 0.3) is 0 Å². The molecule has 0 spiro atoms. The molecule has 16 heavy (non-hydrogen) atoms. The number of rotatable bonds is 4. The second-order valence-electron chi connectivity index (χ2n) is 4.13. The number of hydrogen-bond acceptors (Lipinski definition) is 2. The molecule has 2 N–H and O–H groups in total. The highest BCUT2D eigenvalue weighted by atomic mass is 19.4.